The fourth-order valence-electron chi connectivity index (χ4n) is 2.60. The number of rotatable bonds is 6. The fourth-order valence-corrected chi connectivity index (χ4v) is 3.35. The van der Waals surface area contributed by atoms with E-state index in [1.807, 2.05) is 24.5 Å². The summed E-state index contributed by atoms with van der Waals surface area (Å²) >= 11 is 1.86. The molecule has 2 heterocycles. The van der Waals surface area contributed by atoms with E-state index in [-0.39, 0.29) is 0 Å². The smallest absolute Gasteiger partial charge is 0.191 e. The highest BCUT2D eigenvalue weighted by Gasteiger charge is 2.19. The average Bonchev–Trinajstić information content (AvgIpc) is 3.02. The molecule has 0 saturated carbocycles. The van der Waals surface area contributed by atoms with Gasteiger partial charge >= 0.3 is 0 Å². The Kier molecular flexibility index (Phi) is 6.76. The molecule has 116 valence electrons. The van der Waals surface area contributed by atoms with Gasteiger partial charge in [-0.25, -0.2) is 0 Å². The first kappa shape index (κ1) is 16.0. The maximum atomic E-state index is 4.21. The van der Waals surface area contributed by atoms with Crippen molar-refractivity contribution in [3.05, 3.63) is 35.0 Å². The van der Waals surface area contributed by atoms with Gasteiger partial charge in [-0.05, 0) is 43.3 Å². The summed E-state index contributed by atoms with van der Waals surface area (Å²) in [6, 6.07) is 4.37. The summed E-state index contributed by atoms with van der Waals surface area (Å²) in [6.07, 6.45) is 4.36. The van der Waals surface area contributed by atoms with Gasteiger partial charge in [0.25, 0.3) is 0 Å². The van der Waals surface area contributed by atoms with Crippen LogP contribution >= 0.6 is 11.3 Å². The van der Waals surface area contributed by atoms with Crippen LogP contribution in [0, 0.1) is 5.92 Å². The molecule has 0 spiro atoms. The summed E-state index contributed by atoms with van der Waals surface area (Å²) < 4.78 is 0. The van der Waals surface area contributed by atoms with Crippen molar-refractivity contribution in [2.45, 2.75) is 19.4 Å². The molecule has 1 saturated heterocycles. The molecule has 0 aliphatic carbocycles. The minimum atomic E-state index is 0.742. The van der Waals surface area contributed by atoms with Crippen LogP contribution in [-0.4, -0.2) is 44.1 Å². The molecule has 2 N–H and O–H groups in total. The van der Waals surface area contributed by atoms with Gasteiger partial charge < -0.3 is 10.6 Å². The van der Waals surface area contributed by atoms with Crippen molar-refractivity contribution in [3.63, 3.8) is 0 Å². The second-order valence-corrected chi connectivity index (χ2v) is 6.45. The largest absolute Gasteiger partial charge is 0.356 e. The topological polar surface area (TPSA) is 39.7 Å². The number of nitrogens with one attached hydrogen (secondary N) is 2. The van der Waals surface area contributed by atoms with Crippen LogP contribution in [0.2, 0.25) is 0 Å². The number of thiophene rings is 1. The third-order valence-corrected chi connectivity index (χ3v) is 4.72. The van der Waals surface area contributed by atoms with Crippen LogP contribution in [0.1, 0.15) is 17.7 Å². The van der Waals surface area contributed by atoms with E-state index in [4.69, 9.17) is 0 Å². The Labute approximate surface area is 132 Å². The molecule has 1 aliphatic rings. The van der Waals surface area contributed by atoms with E-state index in [2.05, 4.69) is 44.6 Å². The first-order chi connectivity index (χ1) is 10.3. The number of likely N-dealkylation sites (tertiary alicyclic amines) is 1. The van der Waals surface area contributed by atoms with E-state index in [9.17, 15) is 0 Å². The average molecular weight is 306 g/mol. The summed E-state index contributed by atoms with van der Waals surface area (Å²) in [4.78, 5) is 8.25. The monoisotopic (exact) mass is 306 g/mol. The first-order valence-electron chi connectivity index (χ1n) is 7.62. The van der Waals surface area contributed by atoms with Gasteiger partial charge in [-0.15, -0.1) is 17.9 Å². The highest BCUT2D eigenvalue weighted by molar-refractivity contribution is 7.09. The number of hydrogen-bond donors (Lipinski definition) is 2. The minimum absolute atomic E-state index is 0.742. The molecule has 0 aromatic carbocycles. The molecule has 0 unspecified atom stereocenters. The normalized spacial score (nSPS) is 17.7. The maximum Gasteiger partial charge on any atom is 0.191 e. The number of aliphatic imine (C=N–C) groups is 1. The molecule has 1 aliphatic heterocycles. The Morgan fingerprint density at radius 3 is 2.90 bits per heavy atom. The lowest BCUT2D eigenvalue weighted by Crippen LogP contribution is -2.42. The number of nitrogens with zero attached hydrogens (tertiary/aromatic N) is 2. The molecule has 5 heteroatoms. The summed E-state index contributed by atoms with van der Waals surface area (Å²) in [5.41, 5.74) is 0. The van der Waals surface area contributed by atoms with Crippen molar-refractivity contribution in [1.29, 1.82) is 0 Å². The van der Waals surface area contributed by atoms with Crippen molar-refractivity contribution >= 4 is 17.3 Å². The Morgan fingerprint density at radius 1 is 1.48 bits per heavy atom. The van der Waals surface area contributed by atoms with Gasteiger partial charge in [0.15, 0.2) is 5.96 Å². The van der Waals surface area contributed by atoms with Gasteiger partial charge in [0.1, 0.15) is 0 Å². The summed E-state index contributed by atoms with van der Waals surface area (Å²) in [5.74, 6) is 1.61. The molecule has 1 fully saturated rings. The van der Waals surface area contributed by atoms with E-state index >= 15 is 0 Å². The van der Waals surface area contributed by atoms with Crippen molar-refractivity contribution in [2.24, 2.45) is 10.9 Å². The number of guanidine groups is 1. The lowest BCUT2D eigenvalue weighted by atomic mass is 9.97. The first-order valence-corrected chi connectivity index (χ1v) is 8.50. The van der Waals surface area contributed by atoms with Gasteiger partial charge in [0, 0.05) is 31.6 Å². The molecule has 0 bridgehead atoms. The summed E-state index contributed by atoms with van der Waals surface area (Å²) in [7, 11) is 1.81. The zero-order valence-corrected chi connectivity index (χ0v) is 13.7. The Balaban J connectivity index is 1.65. The molecule has 21 heavy (non-hydrogen) atoms. The van der Waals surface area contributed by atoms with Crippen LogP contribution in [0.5, 0.6) is 0 Å². The van der Waals surface area contributed by atoms with Crippen LogP contribution in [-0.2, 0) is 6.54 Å². The van der Waals surface area contributed by atoms with Crippen molar-refractivity contribution in [3.8, 4) is 0 Å². The Morgan fingerprint density at radius 2 is 2.29 bits per heavy atom. The van der Waals surface area contributed by atoms with Crippen molar-refractivity contribution in [1.82, 2.24) is 15.5 Å². The molecule has 4 nitrogen and oxygen atoms in total. The SMILES string of the molecule is C=CCNC(=NC)NCC1CCN(Cc2cccs2)CC1. The summed E-state index contributed by atoms with van der Waals surface area (Å²) in [6.45, 7) is 8.96. The van der Waals surface area contributed by atoms with Crippen LogP contribution in [0.3, 0.4) is 0 Å². The third-order valence-electron chi connectivity index (χ3n) is 3.86. The summed E-state index contributed by atoms with van der Waals surface area (Å²) in [5, 5.41) is 8.78. The van der Waals surface area contributed by atoms with Crippen LogP contribution in [0.15, 0.2) is 35.2 Å². The zero-order valence-electron chi connectivity index (χ0n) is 12.8. The van der Waals surface area contributed by atoms with Crippen molar-refractivity contribution < 1.29 is 0 Å². The zero-order chi connectivity index (χ0) is 14.9. The highest BCUT2D eigenvalue weighted by Crippen LogP contribution is 2.20. The Bertz CT molecular complexity index is 433. The fraction of sp³-hybridized carbons (Fsp3) is 0.562. The lowest BCUT2D eigenvalue weighted by molar-refractivity contribution is 0.179. The van der Waals surface area contributed by atoms with Crippen molar-refractivity contribution in [2.75, 3.05) is 33.2 Å². The molecular weight excluding hydrogens is 280 g/mol. The third kappa shape index (κ3) is 5.52. The van der Waals surface area contributed by atoms with E-state index in [1.54, 1.807) is 0 Å². The Hall–Kier alpha value is -1.33. The maximum absolute atomic E-state index is 4.21. The second kappa shape index (κ2) is 8.85. The molecular formula is C16H26N4S. The number of piperidine rings is 1. The predicted molar refractivity (Wildman–Crippen MR) is 91.9 cm³/mol. The molecule has 0 atom stereocenters. The molecule has 0 radical (unpaired) electrons. The van der Waals surface area contributed by atoms with E-state index in [0.29, 0.717) is 0 Å². The van der Waals surface area contributed by atoms with E-state index in [1.165, 1.54) is 30.8 Å². The van der Waals surface area contributed by atoms with Crippen LogP contribution in [0.4, 0.5) is 0 Å². The van der Waals surface area contributed by atoms with E-state index < -0.39 is 0 Å². The van der Waals surface area contributed by atoms with Gasteiger partial charge in [-0.2, -0.15) is 0 Å². The minimum Gasteiger partial charge on any atom is -0.356 e. The highest BCUT2D eigenvalue weighted by atomic mass is 32.1. The molecule has 2 rings (SSSR count). The van der Waals surface area contributed by atoms with Gasteiger partial charge in [-0.3, -0.25) is 9.89 Å². The van der Waals surface area contributed by atoms with Gasteiger partial charge in [0.05, 0.1) is 0 Å². The molecule has 1 aromatic rings. The lowest BCUT2D eigenvalue weighted by Gasteiger charge is -2.32. The molecule has 0 amide bonds. The second-order valence-electron chi connectivity index (χ2n) is 5.42. The predicted octanol–water partition coefficient (Wildman–Crippen LogP) is 2.31. The quantitative estimate of drug-likeness (QED) is 0.481. The van der Waals surface area contributed by atoms with E-state index in [0.717, 1.165) is 31.5 Å². The number of hydrogen-bond acceptors (Lipinski definition) is 3. The molecule has 1 aromatic heterocycles. The van der Waals surface area contributed by atoms with Crippen LogP contribution < -0.4 is 10.6 Å². The van der Waals surface area contributed by atoms with Gasteiger partial charge in [0.2, 0.25) is 0 Å². The van der Waals surface area contributed by atoms with Crippen LogP contribution in [0.25, 0.3) is 0 Å². The van der Waals surface area contributed by atoms with Gasteiger partial charge in [-0.1, -0.05) is 12.1 Å². The standard InChI is InChI=1S/C16H26N4S/c1-3-8-18-16(17-2)19-12-14-6-9-20(10-7-14)13-15-5-4-11-21-15/h3-5,11,14H,1,6-10,12-13H2,2H3,(H2,17,18,19).